The van der Waals surface area contributed by atoms with Gasteiger partial charge in [-0.25, -0.2) is 19.7 Å². The normalized spacial score (nSPS) is 10.5. The summed E-state index contributed by atoms with van der Waals surface area (Å²) in [5.74, 6) is 2.05. The maximum absolute atomic E-state index is 11.8. The second-order valence-corrected chi connectivity index (χ2v) is 7.32. The van der Waals surface area contributed by atoms with E-state index in [-0.39, 0.29) is 11.6 Å². The molecule has 178 valence electrons. The monoisotopic (exact) mass is 473 g/mol. The minimum Gasteiger partial charge on any atom is -0.507 e. The minimum absolute atomic E-state index is 0.0461. The van der Waals surface area contributed by atoms with Crippen molar-refractivity contribution < 1.29 is 28.8 Å². The van der Waals surface area contributed by atoms with Gasteiger partial charge in [0.1, 0.15) is 23.0 Å². The third-order valence-electron chi connectivity index (χ3n) is 5.30. The number of carbonyl (C=O) groups excluding carboxylic acids is 1. The maximum Gasteiger partial charge on any atom is 0.337 e. The third kappa shape index (κ3) is 4.84. The Kier molecular flexibility index (Phi) is 6.77. The lowest BCUT2D eigenvalue weighted by atomic mass is 10.1. The average Bonchev–Trinajstić information content (AvgIpc) is 2.91. The molecule has 0 fully saturated rings. The lowest BCUT2D eigenvalue weighted by molar-refractivity contribution is 0.0600. The molecule has 0 atom stereocenters. The number of rotatable bonds is 7. The van der Waals surface area contributed by atoms with Gasteiger partial charge >= 0.3 is 5.97 Å². The van der Waals surface area contributed by atoms with E-state index in [1.807, 2.05) is 0 Å². The number of phenols is 1. The number of nitrogens with zero attached hydrogens (tertiary/aromatic N) is 3. The Labute approximate surface area is 201 Å². The average molecular weight is 473 g/mol. The third-order valence-corrected chi connectivity index (χ3v) is 5.30. The predicted octanol–water partition coefficient (Wildman–Crippen LogP) is 4.39. The van der Waals surface area contributed by atoms with Crippen LogP contribution in [0.25, 0.3) is 34.2 Å². The topological polar surface area (TPSA) is 113 Å². The van der Waals surface area contributed by atoms with Crippen LogP contribution >= 0.6 is 0 Å². The van der Waals surface area contributed by atoms with Crippen LogP contribution in [-0.2, 0) is 4.74 Å². The van der Waals surface area contributed by atoms with E-state index >= 15 is 0 Å². The van der Waals surface area contributed by atoms with Crippen molar-refractivity contribution in [1.82, 2.24) is 15.0 Å². The molecule has 1 heterocycles. The van der Waals surface area contributed by atoms with Crippen molar-refractivity contribution in [3.05, 3.63) is 66.2 Å². The lowest BCUT2D eigenvalue weighted by Crippen LogP contribution is -2.03. The largest absolute Gasteiger partial charge is 0.507 e. The fraction of sp³-hybridized carbons (Fsp3) is 0.154. The fourth-order valence-corrected chi connectivity index (χ4v) is 3.43. The van der Waals surface area contributed by atoms with E-state index in [9.17, 15) is 9.90 Å². The number of hydrogen-bond donors (Lipinski definition) is 1. The number of ether oxygens (including phenoxy) is 4. The van der Waals surface area contributed by atoms with Gasteiger partial charge in [-0.1, -0.05) is 12.1 Å². The number of hydrogen-bond acceptors (Lipinski definition) is 9. The molecule has 1 N–H and O–H groups in total. The van der Waals surface area contributed by atoms with Gasteiger partial charge in [0, 0.05) is 17.7 Å². The molecule has 3 aromatic carbocycles. The van der Waals surface area contributed by atoms with E-state index in [4.69, 9.17) is 18.9 Å². The summed E-state index contributed by atoms with van der Waals surface area (Å²) in [4.78, 5) is 25.7. The van der Waals surface area contributed by atoms with Crippen molar-refractivity contribution in [3.63, 3.8) is 0 Å². The summed E-state index contributed by atoms with van der Waals surface area (Å²) in [6.45, 7) is 0. The zero-order valence-electron chi connectivity index (χ0n) is 19.6. The van der Waals surface area contributed by atoms with E-state index in [1.54, 1.807) is 68.8 Å². The maximum atomic E-state index is 11.8. The van der Waals surface area contributed by atoms with Crippen LogP contribution in [0.4, 0.5) is 0 Å². The van der Waals surface area contributed by atoms with Gasteiger partial charge in [-0.2, -0.15) is 0 Å². The van der Waals surface area contributed by atoms with Crippen LogP contribution in [0.1, 0.15) is 10.4 Å². The van der Waals surface area contributed by atoms with Gasteiger partial charge in [-0.05, 0) is 36.4 Å². The molecule has 0 aliphatic heterocycles. The van der Waals surface area contributed by atoms with Crippen molar-refractivity contribution in [2.75, 3.05) is 28.4 Å². The van der Waals surface area contributed by atoms with E-state index in [2.05, 4.69) is 15.0 Å². The van der Waals surface area contributed by atoms with Crippen LogP contribution in [0.15, 0.2) is 60.7 Å². The molecule has 0 spiro atoms. The first kappa shape index (κ1) is 23.5. The molecular formula is C26H23N3O6. The molecule has 9 heteroatoms. The summed E-state index contributed by atoms with van der Waals surface area (Å²) >= 11 is 0. The Morgan fingerprint density at radius 3 is 1.83 bits per heavy atom. The van der Waals surface area contributed by atoms with Crippen molar-refractivity contribution in [3.8, 4) is 57.2 Å². The van der Waals surface area contributed by atoms with Crippen molar-refractivity contribution in [2.45, 2.75) is 0 Å². The summed E-state index contributed by atoms with van der Waals surface area (Å²) in [5, 5.41) is 10.6. The summed E-state index contributed by atoms with van der Waals surface area (Å²) in [6.07, 6.45) is 0. The number of aromatic hydroxyl groups is 1. The number of esters is 1. The first-order valence-electron chi connectivity index (χ1n) is 10.5. The molecule has 0 saturated heterocycles. The van der Waals surface area contributed by atoms with Crippen molar-refractivity contribution >= 4 is 5.97 Å². The molecule has 4 rings (SSSR count). The second-order valence-electron chi connectivity index (χ2n) is 7.32. The quantitative estimate of drug-likeness (QED) is 0.390. The lowest BCUT2D eigenvalue weighted by Gasteiger charge is -2.13. The molecule has 0 saturated carbocycles. The molecule has 0 radical (unpaired) electrons. The summed E-state index contributed by atoms with van der Waals surface area (Å²) in [5.41, 5.74) is 2.05. The van der Waals surface area contributed by atoms with Gasteiger partial charge < -0.3 is 24.1 Å². The summed E-state index contributed by atoms with van der Waals surface area (Å²) < 4.78 is 20.8. The smallest absolute Gasteiger partial charge is 0.337 e. The van der Waals surface area contributed by atoms with Gasteiger partial charge in [0.2, 0.25) is 0 Å². The predicted molar refractivity (Wildman–Crippen MR) is 129 cm³/mol. The molecule has 0 aliphatic rings. The number of phenolic OH excluding ortho intramolecular Hbond substituents is 1. The molecular weight excluding hydrogens is 450 g/mol. The van der Waals surface area contributed by atoms with Crippen molar-refractivity contribution in [2.24, 2.45) is 0 Å². The van der Waals surface area contributed by atoms with Gasteiger partial charge in [0.05, 0.1) is 45.1 Å². The molecule has 0 aliphatic carbocycles. The van der Waals surface area contributed by atoms with Crippen LogP contribution in [0, 0.1) is 0 Å². The summed E-state index contributed by atoms with van der Waals surface area (Å²) in [7, 11) is 5.95. The molecule has 1 aromatic heterocycles. The first-order chi connectivity index (χ1) is 17.0. The fourth-order valence-electron chi connectivity index (χ4n) is 3.43. The molecule has 35 heavy (non-hydrogen) atoms. The van der Waals surface area contributed by atoms with Crippen LogP contribution in [0.2, 0.25) is 0 Å². The molecule has 0 bridgehead atoms. The highest BCUT2D eigenvalue weighted by Gasteiger charge is 2.18. The highest BCUT2D eigenvalue weighted by atomic mass is 16.5. The SMILES string of the molecule is COC(=O)c1ccc(-c2nc(-c3ccc(OC)cc3O)nc(-c3ccc(OC)cc3OC)n2)cc1. The molecule has 0 unspecified atom stereocenters. The van der Waals surface area contributed by atoms with E-state index in [1.165, 1.54) is 20.3 Å². The van der Waals surface area contributed by atoms with Gasteiger partial charge in [0.15, 0.2) is 17.5 Å². The minimum atomic E-state index is -0.445. The standard InChI is InChI=1S/C26H23N3O6/c1-32-17-9-11-19(21(30)13-17)24-27-23(15-5-7-16(8-6-15)26(31)35-4)28-25(29-24)20-12-10-18(33-2)14-22(20)34-3/h5-14,30H,1-4H3. The molecule has 4 aromatic rings. The van der Waals surface area contributed by atoms with Crippen LogP contribution < -0.4 is 14.2 Å². The Bertz CT molecular complexity index is 1370. The van der Waals surface area contributed by atoms with E-state index in [0.717, 1.165) is 0 Å². The number of methoxy groups -OCH3 is 4. The molecule has 0 amide bonds. The Morgan fingerprint density at radius 2 is 1.26 bits per heavy atom. The first-order valence-corrected chi connectivity index (χ1v) is 10.5. The zero-order valence-corrected chi connectivity index (χ0v) is 19.6. The Balaban J connectivity index is 1.90. The van der Waals surface area contributed by atoms with E-state index in [0.29, 0.717) is 51.2 Å². The van der Waals surface area contributed by atoms with Crippen LogP contribution in [-0.4, -0.2) is 54.5 Å². The van der Waals surface area contributed by atoms with Gasteiger partial charge in [0.25, 0.3) is 0 Å². The van der Waals surface area contributed by atoms with Gasteiger partial charge in [-0.3, -0.25) is 0 Å². The highest BCUT2D eigenvalue weighted by molar-refractivity contribution is 5.89. The second kappa shape index (κ2) is 10.1. The molecule has 9 nitrogen and oxygen atoms in total. The highest BCUT2D eigenvalue weighted by Crippen LogP contribution is 2.35. The van der Waals surface area contributed by atoms with E-state index < -0.39 is 5.97 Å². The Hall–Kier alpha value is -4.66. The number of benzene rings is 3. The Morgan fingerprint density at radius 1 is 0.686 bits per heavy atom. The van der Waals surface area contributed by atoms with Gasteiger partial charge in [-0.15, -0.1) is 0 Å². The summed E-state index contributed by atoms with van der Waals surface area (Å²) in [6, 6.07) is 16.8. The zero-order chi connectivity index (χ0) is 24.9. The van der Waals surface area contributed by atoms with Crippen LogP contribution in [0.5, 0.6) is 23.0 Å². The van der Waals surface area contributed by atoms with Crippen molar-refractivity contribution in [1.29, 1.82) is 0 Å². The number of aromatic nitrogens is 3. The van der Waals surface area contributed by atoms with Crippen LogP contribution in [0.3, 0.4) is 0 Å². The number of carbonyl (C=O) groups is 1.